The molecule has 1 saturated carbocycles. The summed E-state index contributed by atoms with van der Waals surface area (Å²) in [5.74, 6) is -1.43. The van der Waals surface area contributed by atoms with Gasteiger partial charge in [0, 0.05) is 20.3 Å². The van der Waals surface area contributed by atoms with Gasteiger partial charge in [-0.3, -0.25) is 14.4 Å². The second-order valence-corrected chi connectivity index (χ2v) is 3.94. The molecule has 2 rings (SSSR count). The van der Waals surface area contributed by atoms with E-state index in [1.165, 1.54) is 13.8 Å². The number of carbonyl (C=O) groups is 3. The molecule has 88 valence electrons. The van der Waals surface area contributed by atoms with Gasteiger partial charge in [0.2, 0.25) is 6.29 Å². The van der Waals surface area contributed by atoms with E-state index in [4.69, 9.17) is 14.2 Å². The molecule has 4 atom stereocenters. The van der Waals surface area contributed by atoms with E-state index in [1.54, 1.807) is 0 Å². The van der Waals surface area contributed by atoms with Crippen LogP contribution in [-0.4, -0.2) is 36.2 Å². The minimum absolute atomic E-state index is 0.111. The Morgan fingerprint density at radius 2 is 1.88 bits per heavy atom. The Balaban J connectivity index is 2.08. The lowest BCUT2D eigenvalue weighted by atomic mass is 10.1. The summed E-state index contributed by atoms with van der Waals surface area (Å²) in [6.07, 6.45) is -1.95. The number of ether oxygens (including phenoxy) is 3. The second-order valence-electron chi connectivity index (χ2n) is 3.94. The highest BCUT2D eigenvalue weighted by atomic mass is 16.7. The van der Waals surface area contributed by atoms with Gasteiger partial charge in [-0.25, -0.2) is 0 Å². The molecule has 0 amide bonds. The Kier molecular flexibility index (Phi) is 2.67. The summed E-state index contributed by atoms with van der Waals surface area (Å²) < 4.78 is 15.1. The molecule has 0 aromatic rings. The molecule has 0 unspecified atom stereocenters. The van der Waals surface area contributed by atoms with Crippen LogP contribution in [0.5, 0.6) is 0 Å². The SMILES string of the molecule is CC(=O)O[C@@H]1O[C@H]2C(=O)C[C@@H]1[C@H]2OC(C)=O. The average molecular weight is 228 g/mol. The number of carbonyl (C=O) groups excluding carboxylic acids is 3. The van der Waals surface area contributed by atoms with Gasteiger partial charge in [0.25, 0.3) is 0 Å². The highest BCUT2D eigenvalue weighted by Gasteiger charge is 2.58. The molecular formula is C10H12O6. The molecule has 1 heterocycles. The van der Waals surface area contributed by atoms with E-state index < -0.39 is 30.4 Å². The van der Waals surface area contributed by atoms with Crippen LogP contribution in [0.3, 0.4) is 0 Å². The van der Waals surface area contributed by atoms with Gasteiger partial charge in [-0.2, -0.15) is 0 Å². The Hall–Kier alpha value is -1.43. The predicted molar refractivity (Wildman–Crippen MR) is 49.1 cm³/mol. The van der Waals surface area contributed by atoms with Crippen LogP contribution in [0.25, 0.3) is 0 Å². The monoisotopic (exact) mass is 228 g/mol. The van der Waals surface area contributed by atoms with Gasteiger partial charge >= 0.3 is 11.9 Å². The first kappa shape index (κ1) is 11.1. The molecule has 0 aromatic heterocycles. The molecule has 0 aromatic carbocycles. The summed E-state index contributed by atoms with van der Waals surface area (Å²) >= 11 is 0. The Morgan fingerprint density at radius 3 is 2.44 bits per heavy atom. The van der Waals surface area contributed by atoms with Gasteiger partial charge in [-0.05, 0) is 0 Å². The van der Waals surface area contributed by atoms with Gasteiger partial charge in [0.1, 0.15) is 6.10 Å². The van der Waals surface area contributed by atoms with Crippen molar-refractivity contribution in [2.24, 2.45) is 5.92 Å². The molecule has 1 saturated heterocycles. The van der Waals surface area contributed by atoms with Crippen LogP contribution in [-0.2, 0) is 28.6 Å². The standard InChI is InChI=1S/C10H12O6/c1-4(11)14-8-6-3-7(13)9(8)16-10(6)15-5(2)12/h6,8-10H,3H2,1-2H3/t6-,8-,9+,10-/m1/s1. The number of fused-ring (bicyclic) bond motifs is 2. The number of Topliss-reactive ketones (excluding diaryl/α,β-unsaturated/α-hetero) is 1. The molecular weight excluding hydrogens is 216 g/mol. The number of hydrogen-bond acceptors (Lipinski definition) is 6. The largest absolute Gasteiger partial charge is 0.459 e. The van der Waals surface area contributed by atoms with E-state index in [0.29, 0.717) is 0 Å². The Bertz CT molecular complexity index is 349. The van der Waals surface area contributed by atoms with Crippen molar-refractivity contribution in [2.45, 2.75) is 38.8 Å². The predicted octanol–water partition coefficient (Wildman–Crippen LogP) is -0.205. The molecule has 2 aliphatic rings. The second kappa shape index (κ2) is 3.86. The minimum Gasteiger partial charge on any atom is -0.459 e. The molecule has 16 heavy (non-hydrogen) atoms. The number of hydrogen-bond donors (Lipinski definition) is 0. The van der Waals surface area contributed by atoms with E-state index in [0.717, 1.165) is 0 Å². The quantitative estimate of drug-likeness (QED) is 0.609. The van der Waals surface area contributed by atoms with Gasteiger partial charge < -0.3 is 14.2 Å². The first-order chi connectivity index (χ1) is 7.49. The van der Waals surface area contributed by atoms with E-state index >= 15 is 0 Å². The van der Waals surface area contributed by atoms with Gasteiger partial charge in [0.15, 0.2) is 11.9 Å². The normalized spacial score (nSPS) is 36.2. The maximum Gasteiger partial charge on any atom is 0.304 e. The molecule has 6 heteroatoms. The fourth-order valence-corrected chi connectivity index (χ4v) is 2.14. The Labute approximate surface area is 91.8 Å². The summed E-state index contributed by atoms with van der Waals surface area (Å²) in [6, 6.07) is 0. The number of esters is 2. The maximum absolute atomic E-state index is 11.4. The van der Waals surface area contributed by atoms with E-state index in [1.807, 2.05) is 0 Å². The summed E-state index contributed by atoms with van der Waals surface area (Å²) in [5.41, 5.74) is 0. The van der Waals surface area contributed by atoms with Crippen LogP contribution >= 0.6 is 0 Å². The molecule has 0 spiro atoms. The first-order valence-corrected chi connectivity index (χ1v) is 5.01. The molecule has 0 radical (unpaired) electrons. The average Bonchev–Trinajstić information content (AvgIpc) is 2.57. The molecule has 1 aliphatic heterocycles. The van der Waals surface area contributed by atoms with Crippen molar-refractivity contribution < 1.29 is 28.6 Å². The highest BCUT2D eigenvalue weighted by Crippen LogP contribution is 2.40. The Morgan fingerprint density at radius 1 is 1.25 bits per heavy atom. The molecule has 6 nitrogen and oxygen atoms in total. The highest BCUT2D eigenvalue weighted by molar-refractivity contribution is 5.88. The topological polar surface area (TPSA) is 78.9 Å². The van der Waals surface area contributed by atoms with Crippen molar-refractivity contribution in [1.82, 2.24) is 0 Å². The maximum atomic E-state index is 11.4. The summed E-state index contributed by atoms with van der Waals surface area (Å²) in [5, 5.41) is 0. The van der Waals surface area contributed by atoms with Crippen LogP contribution in [0.4, 0.5) is 0 Å². The van der Waals surface area contributed by atoms with Crippen molar-refractivity contribution in [1.29, 1.82) is 0 Å². The third-order valence-corrected chi connectivity index (χ3v) is 2.69. The third kappa shape index (κ3) is 1.80. The van der Waals surface area contributed by atoms with Gasteiger partial charge in [0.05, 0.1) is 5.92 Å². The zero-order valence-corrected chi connectivity index (χ0v) is 8.97. The number of rotatable bonds is 2. The molecule has 2 fully saturated rings. The smallest absolute Gasteiger partial charge is 0.304 e. The molecule has 1 aliphatic carbocycles. The zero-order valence-electron chi connectivity index (χ0n) is 8.97. The summed E-state index contributed by atoms with van der Waals surface area (Å²) in [7, 11) is 0. The number of ketones is 1. The van der Waals surface area contributed by atoms with Gasteiger partial charge in [-0.15, -0.1) is 0 Å². The van der Waals surface area contributed by atoms with Gasteiger partial charge in [-0.1, -0.05) is 0 Å². The van der Waals surface area contributed by atoms with Crippen molar-refractivity contribution in [3.63, 3.8) is 0 Å². The van der Waals surface area contributed by atoms with Crippen LogP contribution in [0.2, 0.25) is 0 Å². The van der Waals surface area contributed by atoms with Crippen molar-refractivity contribution in [3.05, 3.63) is 0 Å². The summed E-state index contributed by atoms with van der Waals surface area (Å²) in [6.45, 7) is 2.53. The van der Waals surface area contributed by atoms with E-state index in [-0.39, 0.29) is 18.1 Å². The first-order valence-electron chi connectivity index (χ1n) is 5.01. The van der Waals surface area contributed by atoms with Crippen LogP contribution < -0.4 is 0 Å². The summed E-state index contributed by atoms with van der Waals surface area (Å²) in [4.78, 5) is 33.1. The molecule has 0 N–H and O–H groups in total. The lowest BCUT2D eigenvalue weighted by Gasteiger charge is -2.19. The fraction of sp³-hybridized carbons (Fsp3) is 0.700. The van der Waals surface area contributed by atoms with Crippen molar-refractivity contribution >= 4 is 17.7 Å². The van der Waals surface area contributed by atoms with Crippen LogP contribution in [0.1, 0.15) is 20.3 Å². The van der Waals surface area contributed by atoms with Crippen LogP contribution in [0.15, 0.2) is 0 Å². The third-order valence-electron chi connectivity index (χ3n) is 2.69. The zero-order chi connectivity index (χ0) is 11.9. The van der Waals surface area contributed by atoms with E-state index in [9.17, 15) is 14.4 Å². The lowest BCUT2D eigenvalue weighted by molar-refractivity contribution is -0.188. The fourth-order valence-electron chi connectivity index (χ4n) is 2.14. The van der Waals surface area contributed by atoms with E-state index in [2.05, 4.69) is 0 Å². The van der Waals surface area contributed by atoms with Crippen molar-refractivity contribution in [3.8, 4) is 0 Å². The molecule has 2 bridgehead atoms. The lowest BCUT2D eigenvalue weighted by Crippen LogP contribution is -2.30. The minimum atomic E-state index is -0.779. The van der Waals surface area contributed by atoms with Crippen molar-refractivity contribution in [2.75, 3.05) is 0 Å². The van der Waals surface area contributed by atoms with Crippen LogP contribution in [0, 0.1) is 5.92 Å².